The summed E-state index contributed by atoms with van der Waals surface area (Å²) in [6.45, 7) is 2.60. The van der Waals surface area contributed by atoms with E-state index in [2.05, 4.69) is 15.9 Å². The predicted molar refractivity (Wildman–Crippen MR) is 77.4 cm³/mol. The van der Waals surface area contributed by atoms with E-state index < -0.39 is 15.6 Å². The summed E-state index contributed by atoms with van der Waals surface area (Å²) < 4.78 is 27.3. The lowest BCUT2D eigenvalue weighted by Crippen LogP contribution is -2.33. The molecule has 1 heterocycles. The Balaban J connectivity index is 2.22. The summed E-state index contributed by atoms with van der Waals surface area (Å²) in [6, 6.07) is 6.65. The summed E-state index contributed by atoms with van der Waals surface area (Å²) >= 11 is 3.29. The Labute approximate surface area is 122 Å². The van der Waals surface area contributed by atoms with Crippen LogP contribution in [0.4, 0.5) is 0 Å². The topological polar surface area (TPSA) is 57.6 Å². The van der Waals surface area contributed by atoms with Crippen molar-refractivity contribution in [1.82, 2.24) is 4.31 Å². The van der Waals surface area contributed by atoms with Gasteiger partial charge in [-0.2, -0.15) is 4.31 Å². The van der Waals surface area contributed by atoms with Gasteiger partial charge in [0.1, 0.15) is 0 Å². The lowest BCUT2D eigenvalue weighted by Gasteiger charge is -2.22. The van der Waals surface area contributed by atoms with Crippen LogP contribution in [0.25, 0.3) is 0 Å². The minimum atomic E-state index is -3.45. The second-order valence-corrected chi connectivity index (χ2v) is 8.06. The zero-order valence-corrected chi connectivity index (χ0v) is 13.2. The molecule has 0 aliphatic carbocycles. The van der Waals surface area contributed by atoms with Gasteiger partial charge in [0, 0.05) is 17.6 Å². The van der Waals surface area contributed by atoms with Gasteiger partial charge in [-0.15, -0.1) is 0 Å². The number of sulfonamides is 1. The van der Waals surface area contributed by atoms with E-state index in [9.17, 15) is 13.5 Å². The molecule has 1 saturated heterocycles. The Bertz CT molecular complexity index is 540. The van der Waals surface area contributed by atoms with Crippen LogP contribution >= 0.6 is 15.9 Å². The number of rotatable bonds is 2. The number of hydrogen-bond acceptors (Lipinski definition) is 3. The van der Waals surface area contributed by atoms with Gasteiger partial charge < -0.3 is 5.11 Å². The number of aliphatic hydroxyl groups is 1. The third-order valence-corrected chi connectivity index (χ3v) is 5.92. The zero-order chi connectivity index (χ0) is 14.1. The van der Waals surface area contributed by atoms with Crippen LogP contribution in [0.5, 0.6) is 0 Å². The van der Waals surface area contributed by atoms with Gasteiger partial charge in [-0.25, -0.2) is 8.42 Å². The standard InChI is InChI=1S/C13H18BrNO3S/c1-13(16)7-2-9-15(10-8-13)19(17,18)12-5-3-11(14)4-6-12/h3-6,16H,2,7-10H2,1H3. The molecule has 0 amide bonds. The Hall–Kier alpha value is -0.430. The normalized spacial score (nSPS) is 26.1. The second-order valence-electron chi connectivity index (χ2n) is 5.21. The lowest BCUT2D eigenvalue weighted by molar-refractivity contribution is 0.0465. The van der Waals surface area contributed by atoms with Gasteiger partial charge >= 0.3 is 0 Å². The van der Waals surface area contributed by atoms with Crippen molar-refractivity contribution >= 4 is 26.0 Å². The van der Waals surface area contributed by atoms with Crippen molar-refractivity contribution < 1.29 is 13.5 Å². The molecule has 19 heavy (non-hydrogen) atoms. The van der Waals surface area contributed by atoms with Gasteiger partial charge in [-0.05, 0) is 50.5 Å². The number of nitrogens with zero attached hydrogens (tertiary/aromatic N) is 1. The van der Waals surface area contributed by atoms with Crippen LogP contribution in [0.1, 0.15) is 26.2 Å². The van der Waals surface area contributed by atoms with Crippen LogP contribution in [-0.4, -0.2) is 36.5 Å². The molecule has 0 radical (unpaired) electrons. The van der Waals surface area contributed by atoms with Gasteiger partial charge in [0.2, 0.25) is 10.0 Å². The minimum absolute atomic E-state index is 0.303. The maximum atomic E-state index is 12.5. The van der Waals surface area contributed by atoms with E-state index >= 15 is 0 Å². The maximum absolute atomic E-state index is 12.5. The van der Waals surface area contributed by atoms with Gasteiger partial charge in [-0.1, -0.05) is 15.9 Å². The molecule has 1 aliphatic heterocycles. The molecule has 1 aromatic rings. The first-order valence-electron chi connectivity index (χ1n) is 6.29. The third kappa shape index (κ3) is 3.56. The van der Waals surface area contributed by atoms with Crippen molar-refractivity contribution in [3.05, 3.63) is 28.7 Å². The molecule has 0 saturated carbocycles. The van der Waals surface area contributed by atoms with E-state index in [0.29, 0.717) is 37.2 Å². The molecule has 1 N–H and O–H groups in total. The third-order valence-electron chi connectivity index (χ3n) is 3.47. The summed E-state index contributed by atoms with van der Waals surface area (Å²) in [5, 5.41) is 10.0. The molecule has 1 aliphatic rings. The van der Waals surface area contributed by atoms with Gasteiger partial charge in [-0.3, -0.25) is 0 Å². The van der Waals surface area contributed by atoms with Crippen molar-refractivity contribution in [2.75, 3.05) is 13.1 Å². The molecule has 0 spiro atoms. The van der Waals surface area contributed by atoms with Crippen molar-refractivity contribution in [2.45, 2.75) is 36.7 Å². The summed E-state index contributed by atoms with van der Waals surface area (Å²) in [4.78, 5) is 0.303. The van der Waals surface area contributed by atoms with E-state index in [4.69, 9.17) is 0 Å². The molecule has 1 unspecified atom stereocenters. The fourth-order valence-electron chi connectivity index (χ4n) is 2.23. The van der Waals surface area contributed by atoms with Gasteiger partial charge in [0.05, 0.1) is 10.5 Å². The first-order valence-corrected chi connectivity index (χ1v) is 8.53. The van der Waals surface area contributed by atoms with E-state index in [1.807, 2.05) is 0 Å². The van der Waals surface area contributed by atoms with Gasteiger partial charge in [0.15, 0.2) is 0 Å². The Morgan fingerprint density at radius 1 is 1.21 bits per heavy atom. The first kappa shape index (κ1) is 15.0. The smallest absolute Gasteiger partial charge is 0.243 e. The highest BCUT2D eigenvalue weighted by Crippen LogP contribution is 2.26. The van der Waals surface area contributed by atoms with E-state index in [1.165, 1.54) is 4.31 Å². The predicted octanol–water partition coefficient (Wildman–Crippen LogP) is 2.37. The van der Waals surface area contributed by atoms with E-state index in [1.54, 1.807) is 31.2 Å². The highest BCUT2D eigenvalue weighted by atomic mass is 79.9. The van der Waals surface area contributed by atoms with Gasteiger partial charge in [0.25, 0.3) is 0 Å². The first-order chi connectivity index (χ1) is 8.81. The average Bonchev–Trinajstić information content (AvgIpc) is 2.51. The molecule has 1 atom stereocenters. The number of benzene rings is 1. The molecule has 0 aromatic heterocycles. The summed E-state index contributed by atoms with van der Waals surface area (Å²) in [6.07, 6.45) is 1.80. The quantitative estimate of drug-likeness (QED) is 0.893. The van der Waals surface area contributed by atoms with Crippen molar-refractivity contribution in [3.8, 4) is 0 Å². The second kappa shape index (κ2) is 5.52. The van der Waals surface area contributed by atoms with Crippen LogP contribution in [0, 0.1) is 0 Å². The fourth-order valence-corrected chi connectivity index (χ4v) is 3.98. The van der Waals surface area contributed by atoms with E-state index in [-0.39, 0.29) is 0 Å². The molecule has 6 heteroatoms. The highest BCUT2D eigenvalue weighted by Gasteiger charge is 2.31. The van der Waals surface area contributed by atoms with Crippen LogP contribution in [0.2, 0.25) is 0 Å². The summed E-state index contributed by atoms with van der Waals surface area (Å²) in [5.74, 6) is 0. The van der Waals surface area contributed by atoms with Crippen molar-refractivity contribution in [1.29, 1.82) is 0 Å². The number of hydrogen-bond donors (Lipinski definition) is 1. The monoisotopic (exact) mass is 347 g/mol. The molecule has 4 nitrogen and oxygen atoms in total. The molecular formula is C13H18BrNO3S. The van der Waals surface area contributed by atoms with Crippen LogP contribution in [0.15, 0.2) is 33.6 Å². The molecular weight excluding hydrogens is 330 g/mol. The molecule has 0 bridgehead atoms. The SMILES string of the molecule is CC1(O)CCCN(S(=O)(=O)c2ccc(Br)cc2)CC1. The maximum Gasteiger partial charge on any atom is 0.243 e. The van der Waals surface area contributed by atoms with Crippen LogP contribution < -0.4 is 0 Å². The molecule has 106 valence electrons. The average molecular weight is 348 g/mol. The molecule has 1 aromatic carbocycles. The van der Waals surface area contributed by atoms with Crippen molar-refractivity contribution in [3.63, 3.8) is 0 Å². The molecule has 2 rings (SSSR count). The molecule has 1 fully saturated rings. The van der Waals surface area contributed by atoms with Crippen LogP contribution in [-0.2, 0) is 10.0 Å². The Kier molecular flexibility index (Phi) is 4.35. The summed E-state index contributed by atoms with van der Waals surface area (Å²) in [7, 11) is -3.45. The number of halogens is 1. The lowest BCUT2D eigenvalue weighted by atomic mass is 9.98. The van der Waals surface area contributed by atoms with Crippen molar-refractivity contribution in [2.24, 2.45) is 0 Å². The fraction of sp³-hybridized carbons (Fsp3) is 0.538. The summed E-state index contributed by atoms with van der Waals surface area (Å²) in [5.41, 5.74) is -0.760. The largest absolute Gasteiger partial charge is 0.390 e. The van der Waals surface area contributed by atoms with E-state index in [0.717, 1.165) is 4.47 Å². The highest BCUT2D eigenvalue weighted by molar-refractivity contribution is 9.10. The Morgan fingerprint density at radius 3 is 2.47 bits per heavy atom. The van der Waals surface area contributed by atoms with Crippen LogP contribution in [0.3, 0.4) is 0 Å². The minimum Gasteiger partial charge on any atom is -0.390 e. The zero-order valence-electron chi connectivity index (χ0n) is 10.8. The Morgan fingerprint density at radius 2 is 1.84 bits per heavy atom.